The first-order valence-corrected chi connectivity index (χ1v) is 8.81. The van der Waals surface area contributed by atoms with Gasteiger partial charge in [0.1, 0.15) is 5.60 Å². The summed E-state index contributed by atoms with van der Waals surface area (Å²) in [5, 5.41) is 0. The Kier molecular flexibility index (Phi) is 5.74. The molecule has 1 saturated heterocycles. The molecule has 1 amide bonds. The summed E-state index contributed by atoms with van der Waals surface area (Å²) < 4.78 is 10.5. The molecular formula is C20H27NO5. The minimum absolute atomic E-state index is 0.0139. The number of amides is 1. The molecule has 2 rings (SSSR count). The van der Waals surface area contributed by atoms with Crippen molar-refractivity contribution in [2.24, 2.45) is 0 Å². The third-order valence-electron chi connectivity index (χ3n) is 4.33. The lowest BCUT2D eigenvalue weighted by molar-refractivity contribution is -0.146. The van der Waals surface area contributed by atoms with Crippen LogP contribution in [0.1, 0.15) is 57.0 Å². The highest BCUT2D eigenvalue weighted by molar-refractivity contribution is 5.94. The third-order valence-corrected chi connectivity index (χ3v) is 4.33. The number of Topliss-reactive ketones (excluding diaryl/α,β-unsaturated/α-hetero) is 1. The highest BCUT2D eigenvalue weighted by Gasteiger charge is 2.49. The van der Waals surface area contributed by atoms with Crippen LogP contribution in [-0.4, -0.2) is 48.0 Å². The lowest BCUT2D eigenvalue weighted by atomic mass is 9.71. The predicted molar refractivity (Wildman–Crippen MR) is 97.2 cm³/mol. The smallest absolute Gasteiger partial charge is 0.410 e. The number of hydrogen-bond donors (Lipinski definition) is 0. The molecule has 0 saturated carbocycles. The summed E-state index contributed by atoms with van der Waals surface area (Å²) in [6, 6.07) is 7.20. The van der Waals surface area contributed by atoms with Gasteiger partial charge < -0.3 is 14.4 Å². The van der Waals surface area contributed by atoms with E-state index in [2.05, 4.69) is 0 Å². The normalized spacial score (nSPS) is 15.8. The number of nitrogens with zero attached hydrogens (tertiary/aromatic N) is 1. The number of ketones is 1. The van der Waals surface area contributed by atoms with Crippen LogP contribution in [0.4, 0.5) is 4.79 Å². The molecule has 0 radical (unpaired) electrons. The average molecular weight is 361 g/mol. The number of benzene rings is 1. The van der Waals surface area contributed by atoms with E-state index in [9.17, 15) is 14.4 Å². The summed E-state index contributed by atoms with van der Waals surface area (Å²) in [5.74, 6) is -0.313. The standard InChI is InChI=1S/C20H27NO5/c1-6-25-17(23)11-20(16-9-7-15(8-10-16)14(2)22)12-21(13-20)18(24)26-19(3,4)5/h7-10H,6,11-13H2,1-5H3. The van der Waals surface area contributed by atoms with Crippen molar-refractivity contribution in [3.63, 3.8) is 0 Å². The number of likely N-dealkylation sites (tertiary alicyclic amines) is 1. The number of ether oxygens (including phenoxy) is 2. The summed E-state index contributed by atoms with van der Waals surface area (Å²) in [6.45, 7) is 9.79. The van der Waals surface area contributed by atoms with E-state index < -0.39 is 17.1 Å². The Labute approximate surface area is 154 Å². The van der Waals surface area contributed by atoms with Crippen LogP contribution in [0.15, 0.2) is 24.3 Å². The average Bonchev–Trinajstić information content (AvgIpc) is 2.49. The summed E-state index contributed by atoms with van der Waals surface area (Å²) in [4.78, 5) is 37.4. The van der Waals surface area contributed by atoms with Crippen molar-refractivity contribution in [1.29, 1.82) is 0 Å². The summed E-state index contributed by atoms with van der Waals surface area (Å²) in [7, 11) is 0. The molecule has 0 aromatic heterocycles. The van der Waals surface area contributed by atoms with Gasteiger partial charge in [0.05, 0.1) is 13.0 Å². The Morgan fingerprint density at radius 1 is 1.12 bits per heavy atom. The van der Waals surface area contributed by atoms with Crippen LogP contribution < -0.4 is 0 Å². The van der Waals surface area contributed by atoms with Crippen LogP contribution in [0.2, 0.25) is 0 Å². The summed E-state index contributed by atoms with van der Waals surface area (Å²) >= 11 is 0. The molecule has 0 atom stereocenters. The van der Waals surface area contributed by atoms with Crippen molar-refractivity contribution in [2.75, 3.05) is 19.7 Å². The van der Waals surface area contributed by atoms with E-state index in [1.807, 2.05) is 32.9 Å². The molecule has 1 fully saturated rings. The fourth-order valence-corrected chi connectivity index (χ4v) is 3.08. The molecule has 0 unspecified atom stereocenters. The van der Waals surface area contributed by atoms with E-state index in [0.29, 0.717) is 25.3 Å². The minimum Gasteiger partial charge on any atom is -0.466 e. The first-order chi connectivity index (χ1) is 12.1. The predicted octanol–water partition coefficient (Wildman–Crippen LogP) is 3.33. The number of esters is 1. The van der Waals surface area contributed by atoms with Gasteiger partial charge in [-0.3, -0.25) is 9.59 Å². The van der Waals surface area contributed by atoms with Crippen LogP contribution >= 0.6 is 0 Å². The molecule has 0 bridgehead atoms. The second-order valence-corrected chi connectivity index (χ2v) is 7.73. The Balaban J connectivity index is 2.19. The van der Waals surface area contributed by atoms with Crippen molar-refractivity contribution < 1.29 is 23.9 Å². The largest absolute Gasteiger partial charge is 0.466 e. The number of rotatable bonds is 5. The van der Waals surface area contributed by atoms with Gasteiger partial charge in [-0.05, 0) is 40.2 Å². The lowest BCUT2D eigenvalue weighted by Crippen LogP contribution is -2.62. The lowest BCUT2D eigenvalue weighted by Gasteiger charge is -2.49. The van der Waals surface area contributed by atoms with Crippen LogP contribution in [0.25, 0.3) is 0 Å². The van der Waals surface area contributed by atoms with Crippen molar-refractivity contribution in [2.45, 2.75) is 52.1 Å². The zero-order chi connectivity index (χ0) is 19.5. The van der Waals surface area contributed by atoms with Gasteiger partial charge in [-0.15, -0.1) is 0 Å². The highest BCUT2D eigenvalue weighted by Crippen LogP contribution is 2.39. The van der Waals surface area contributed by atoms with E-state index in [0.717, 1.165) is 5.56 Å². The Bertz CT molecular complexity index is 681. The van der Waals surface area contributed by atoms with Crippen molar-refractivity contribution in [3.8, 4) is 0 Å². The number of carbonyl (C=O) groups excluding carboxylic acids is 3. The molecule has 142 valence electrons. The molecule has 0 aliphatic carbocycles. The maximum absolute atomic E-state index is 12.3. The van der Waals surface area contributed by atoms with Crippen molar-refractivity contribution in [1.82, 2.24) is 4.90 Å². The van der Waals surface area contributed by atoms with E-state index in [-0.39, 0.29) is 18.2 Å². The zero-order valence-electron chi connectivity index (χ0n) is 16.1. The van der Waals surface area contributed by atoms with Gasteiger partial charge in [0, 0.05) is 24.1 Å². The van der Waals surface area contributed by atoms with E-state index in [1.165, 1.54) is 6.92 Å². The zero-order valence-corrected chi connectivity index (χ0v) is 16.1. The second kappa shape index (κ2) is 7.48. The van der Waals surface area contributed by atoms with Gasteiger partial charge in [0.25, 0.3) is 0 Å². The summed E-state index contributed by atoms with van der Waals surface area (Å²) in [5.41, 5.74) is 0.441. The Hall–Kier alpha value is -2.37. The fraction of sp³-hybridized carbons (Fsp3) is 0.550. The first-order valence-electron chi connectivity index (χ1n) is 8.81. The molecular weight excluding hydrogens is 334 g/mol. The molecule has 6 nitrogen and oxygen atoms in total. The van der Waals surface area contributed by atoms with Crippen LogP contribution in [0.5, 0.6) is 0 Å². The third kappa shape index (κ3) is 4.62. The second-order valence-electron chi connectivity index (χ2n) is 7.73. The van der Waals surface area contributed by atoms with Gasteiger partial charge in [0.15, 0.2) is 5.78 Å². The molecule has 0 N–H and O–H groups in total. The maximum Gasteiger partial charge on any atom is 0.410 e. The molecule has 6 heteroatoms. The molecule has 1 heterocycles. The van der Waals surface area contributed by atoms with Crippen molar-refractivity contribution >= 4 is 17.8 Å². The van der Waals surface area contributed by atoms with Crippen molar-refractivity contribution in [3.05, 3.63) is 35.4 Å². The molecule has 26 heavy (non-hydrogen) atoms. The van der Waals surface area contributed by atoms with Crippen LogP contribution in [-0.2, 0) is 19.7 Å². The van der Waals surface area contributed by atoms with E-state index in [4.69, 9.17) is 9.47 Å². The molecule has 1 aliphatic rings. The van der Waals surface area contributed by atoms with Gasteiger partial charge in [-0.25, -0.2) is 4.79 Å². The van der Waals surface area contributed by atoms with Gasteiger partial charge in [-0.2, -0.15) is 0 Å². The van der Waals surface area contributed by atoms with Gasteiger partial charge in [0.2, 0.25) is 0 Å². The molecule has 1 aliphatic heterocycles. The quantitative estimate of drug-likeness (QED) is 0.594. The van der Waals surface area contributed by atoms with Gasteiger partial charge >= 0.3 is 12.1 Å². The fourth-order valence-electron chi connectivity index (χ4n) is 3.08. The molecule has 1 aromatic rings. The van der Waals surface area contributed by atoms with Crippen LogP contribution in [0.3, 0.4) is 0 Å². The van der Waals surface area contributed by atoms with Gasteiger partial charge in [-0.1, -0.05) is 24.3 Å². The van der Waals surface area contributed by atoms with Crippen LogP contribution in [0, 0.1) is 0 Å². The number of hydrogen-bond acceptors (Lipinski definition) is 5. The highest BCUT2D eigenvalue weighted by atomic mass is 16.6. The monoisotopic (exact) mass is 361 g/mol. The molecule has 1 aromatic carbocycles. The topological polar surface area (TPSA) is 72.9 Å². The van der Waals surface area contributed by atoms with E-state index >= 15 is 0 Å². The number of carbonyl (C=O) groups is 3. The maximum atomic E-state index is 12.3. The Morgan fingerprint density at radius 3 is 2.15 bits per heavy atom. The summed E-state index contributed by atoms with van der Waals surface area (Å²) in [6.07, 6.45) is -0.211. The minimum atomic E-state index is -0.570. The Morgan fingerprint density at radius 2 is 1.69 bits per heavy atom. The molecule has 0 spiro atoms. The van der Waals surface area contributed by atoms with E-state index in [1.54, 1.807) is 24.0 Å². The first kappa shape index (κ1) is 19.9. The SMILES string of the molecule is CCOC(=O)CC1(c2ccc(C(C)=O)cc2)CN(C(=O)OC(C)(C)C)C1.